The summed E-state index contributed by atoms with van der Waals surface area (Å²) in [4.78, 5) is 17.3. The topological polar surface area (TPSA) is 45.2 Å². The summed E-state index contributed by atoms with van der Waals surface area (Å²) in [5, 5.41) is 3.24. The number of hydrogen-bond acceptors (Lipinski definition) is 3. The largest absolute Gasteiger partial charge is 0.381 e. The number of rotatable bonds is 4. The Hall–Kier alpha value is -2.14. The van der Waals surface area contributed by atoms with Gasteiger partial charge in [-0.3, -0.25) is 9.78 Å². The van der Waals surface area contributed by atoms with E-state index in [0.717, 1.165) is 11.3 Å². The highest BCUT2D eigenvalue weighted by molar-refractivity contribution is 6.30. The van der Waals surface area contributed by atoms with Crippen molar-refractivity contribution in [1.29, 1.82) is 0 Å². The molecule has 1 N–H and O–H groups in total. The third kappa shape index (κ3) is 3.92. The number of aromatic nitrogens is 1. The Kier molecular flexibility index (Phi) is 4.75. The number of nitrogens with zero attached hydrogens (tertiary/aromatic N) is 2. The maximum absolute atomic E-state index is 13.1. The fraction of sp³-hybridized carbons (Fsp3) is 0.200. The summed E-state index contributed by atoms with van der Waals surface area (Å²) in [6.07, 6.45) is 1.57. The first-order valence-electron chi connectivity index (χ1n) is 6.33. The summed E-state index contributed by atoms with van der Waals surface area (Å²) in [7, 11) is 3.34. The first-order valence-corrected chi connectivity index (χ1v) is 6.70. The lowest BCUT2D eigenvalue weighted by molar-refractivity contribution is 0.0822. The second kappa shape index (κ2) is 6.54. The van der Waals surface area contributed by atoms with Crippen molar-refractivity contribution in [3.63, 3.8) is 0 Å². The van der Waals surface area contributed by atoms with Gasteiger partial charge in [0.1, 0.15) is 11.5 Å². The number of nitrogens with one attached hydrogen (secondary N) is 1. The number of carbonyl (C=O) groups excluding carboxylic acids is 1. The maximum atomic E-state index is 13.1. The quantitative estimate of drug-likeness (QED) is 0.943. The molecule has 0 aliphatic carbocycles. The van der Waals surface area contributed by atoms with Crippen molar-refractivity contribution in [2.24, 2.45) is 0 Å². The van der Waals surface area contributed by atoms with Gasteiger partial charge in [0, 0.05) is 32.5 Å². The van der Waals surface area contributed by atoms with Gasteiger partial charge in [0.25, 0.3) is 5.91 Å². The van der Waals surface area contributed by atoms with Crippen LogP contribution in [0.15, 0.2) is 36.5 Å². The molecule has 2 rings (SSSR count). The van der Waals surface area contributed by atoms with Crippen LogP contribution in [0.25, 0.3) is 0 Å². The van der Waals surface area contributed by atoms with Gasteiger partial charge in [-0.2, -0.15) is 0 Å². The SMILES string of the molecule is CN(C)C(=O)c1cc(NCc2ccc(F)c(Cl)c2)ccn1. The Morgan fingerprint density at radius 1 is 1.33 bits per heavy atom. The van der Waals surface area contributed by atoms with E-state index in [1.807, 2.05) is 0 Å². The molecule has 0 bridgehead atoms. The van der Waals surface area contributed by atoms with E-state index in [9.17, 15) is 9.18 Å². The van der Waals surface area contributed by atoms with Crippen molar-refractivity contribution >= 4 is 23.2 Å². The Bertz CT molecular complexity index is 661. The highest BCUT2D eigenvalue weighted by Gasteiger charge is 2.09. The molecule has 0 fully saturated rings. The van der Waals surface area contributed by atoms with Crippen molar-refractivity contribution in [3.05, 3.63) is 58.6 Å². The predicted octanol–water partition coefficient (Wildman–Crippen LogP) is 3.19. The standard InChI is InChI=1S/C15H15ClFN3O/c1-20(2)15(21)14-8-11(5-6-18-14)19-9-10-3-4-13(17)12(16)7-10/h3-8H,9H2,1-2H3,(H,18,19). The van der Waals surface area contributed by atoms with Crippen LogP contribution in [0.5, 0.6) is 0 Å². The van der Waals surface area contributed by atoms with E-state index in [2.05, 4.69) is 10.3 Å². The van der Waals surface area contributed by atoms with Crippen molar-refractivity contribution in [1.82, 2.24) is 9.88 Å². The summed E-state index contributed by atoms with van der Waals surface area (Å²) >= 11 is 5.73. The van der Waals surface area contributed by atoms with Crippen molar-refractivity contribution in [3.8, 4) is 0 Å². The van der Waals surface area contributed by atoms with Crippen molar-refractivity contribution in [2.45, 2.75) is 6.54 Å². The number of halogens is 2. The fourth-order valence-electron chi connectivity index (χ4n) is 1.74. The minimum absolute atomic E-state index is 0.0903. The molecule has 4 nitrogen and oxygen atoms in total. The van der Waals surface area contributed by atoms with Gasteiger partial charge < -0.3 is 10.2 Å². The predicted molar refractivity (Wildman–Crippen MR) is 81.0 cm³/mol. The van der Waals surface area contributed by atoms with Gasteiger partial charge in [-0.25, -0.2) is 4.39 Å². The molecule has 0 spiro atoms. The molecule has 0 saturated heterocycles. The van der Waals surface area contributed by atoms with Crippen LogP contribution in [0.4, 0.5) is 10.1 Å². The molecule has 0 saturated carbocycles. The van der Waals surface area contributed by atoms with E-state index >= 15 is 0 Å². The molecule has 6 heteroatoms. The van der Waals surface area contributed by atoms with Gasteiger partial charge in [0.15, 0.2) is 0 Å². The minimum atomic E-state index is -0.441. The Morgan fingerprint density at radius 2 is 2.10 bits per heavy atom. The number of hydrogen-bond donors (Lipinski definition) is 1. The zero-order valence-electron chi connectivity index (χ0n) is 11.7. The molecular formula is C15H15ClFN3O. The number of carbonyl (C=O) groups is 1. The number of benzene rings is 1. The fourth-order valence-corrected chi connectivity index (χ4v) is 1.94. The molecule has 0 aliphatic heterocycles. The normalized spacial score (nSPS) is 10.3. The van der Waals surface area contributed by atoms with Gasteiger partial charge in [-0.15, -0.1) is 0 Å². The lowest BCUT2D eigenvalue weighted by atomic mass is 10.2. The highest BCUT2D eigenvalue weighted by atomic mass is 35.5. The van der Waals surface area contributed by atoms with Crippen LogP contribution in [0.2, 0.25) is 5.02 Å². The first kappa shape index (κ1) is 15.3. The number of anilines is 1. The van der Waals surface area contributed by atoms with E-state index in [-0.39, 0.29) is 10.9 Å². The molecule has 21 heavy (non-hydrogen) atoms. The summed E-state index contributed by atoms with van der Waals surface area (Å²) in [5.74, 6) is -0.605. The molecule has 0 aliphatic rings. The average Bonchev–Trinajstić information content (AvgIpc) is 2.48. The molecule has 1 aromatic carbocycles. The second-order valence-corrected chi connectivity index (χ2v) is 5.14. The van der Waals surface area contributed by atoms with E-state index in [1.54, 1.807) is 44.6 Å². The Balaban J connectivity index is 2.08. The molecule has 1 amide bonds. The Labute approximate surface area is 127 Å². The highest BCUT2D eigenvalue weighted by Crippen LogP contribution is 2.17. The van der Waals surface area contributed by atoms with Gasteiger partial charge >= 0.3 is 0 Å². The zero-order chi connectivity index (χ0) is 15.4. The summed E-state index contributed by atoms with van der Waals surface area (Å²) in [6.45, 7) is 0.472. The number of pyridine rings is 1. The average molecular weight is 308 g/mol. The molecule has 0 unspecified atom stereocenters. The van der Waals surface area contributed by atoms with E-state index in [1.165, 1.54) is 11.0 Å². The minimum Gasteiger partial charge on any atom is -0.381 e. The third-order valence-corrected chi connectivity index (χ3v) is 3.16. The van der Waals surface area contributed by atoms with Gasteiger partial charge in [0.05, 0.1) is 5.02 Å². The summed E-state index contributed by atoms with van der Waals surface area (Å²) < 4.78 is 13.1. The zero-order valence-corrected chi connectivity index (χ0v) is 12.5. The van der Waals surface area contributed by atoms with Crippen LogP contribution in [0.1, 0.15) is 16.1 Å². The summed E-state index contributed by atoms with van der Waals surface area (Å²) in [6, 6.07) is 7.98. The van der Waals surface area contributed by atoms with Crippen LogP contribution in [0, 0.1) is 5.82 Å². The van der Waals surface area contributed by atoms with Crippen LogP contribution in [-0.2, 0) is 6.54 Å². The van der Waals surface area contributed by atoms with E-state index < -0.39 is 5.82 Å². The molecule has 1 heterocycles. The van der Waals surface area contributed by atoms with Gasteiger partial charge in [0.2, 0.25) is 0 Å². The van der Waals surface area contributed by atoms with Crippen LogP contribution >= 0.6 is 11.6 Å². The van der Waals surface area contributed by atoms with Crippen LogP contribution in [-0.4, -0.2) is 29.9 Å². The lowest BCUT2D eigenvalue weighted by Gasteiger charge is -2.11. The van der Waals surface area contributed by atoms with Crippen LogP contribution < -0.4 is 5.32 Å². The molecule has 0 radical (unpaired) electrons. The monoisotopic (exact) mass is 307 g/mol. The van der Waals surface area contributed by atoms with Crippen molar-refractivity contribution in [2.75, 3.05) is 19.4 Å². The van der Waals surface area contributed by atoms with Crippen molar-refractivity contribution < 1.29 is 9.18 Å². The lowest BCUT2D eigenvalue weighted by Crippen LogP contribution is -2.22. The second-order valence-electron chi connectivity index (χ2n) is 4.73. The molecule has 2 aromatic rings. The molecular weight excluding hydrogens is 293 g/mol. The van der Waals surface area contributed by atoms with E-state index in [4.69, 9.17) is 11.6 Å². The van der Waals surface area contributed by atoms with Gasteiger partial charge in [-0.05, 0) is 29.8 Å². The van der Waals surface area contributed by atoms with Gasteiger partial charge in [-0.1, -0.05) is 17.7 Å². The molecule has 0 atom stereocenters. The smallest absolute Gasteiger partial charge is 0.272 e. The first-order chi connectivity index (χ1) is 9.97. The van der Waals surface area contributed by atoms with E-state index in [0.29, 0.717) is 12.2 Å². The maximum Gasteiger partial charge on any atom is 0.272 e. The molecule has 110 valence electrons. The third-order valence-electron chi connectivity index (χ3n) is 2.87. The Morgan fingerprint density at radius 3 is 2.76 bits per heavy atom. The van der Waals surface area contributed by atoms with Crippen LogP contribution in [0.3, 0.4) is 0 Å². The summed E-state index contributed by atoms with van der Waals surface area (Å²) in [5.41, 5.74) is 1.97. The molecule has 1 aromatic heterocycles. The number of amides is 1.